The lowest BCUT2D eigenvalue weighted by Crippen LogP contribution is -1.99. The first-order valence-electron chi connectivity index (χ1n) is 9.43. The van der Waals surface area contributed by atoms with Crippen LogP contribution in [0.25, 0.3) is 33.5 Å². The molecular weight excluding hydrogens is 411 g/mol. The van der Waals surface area contributed by atoms with E-state index in [0.29, 0.717) is 33.5 Å². The van der Waals surface area contributed by atoms with Gasteiger partial charge in [-0.25, -0.2) is 12.8 Å². The zero-order valence-electron chi connectivity index (χ0n) is 16.6. The molecule has 4 rings (SSSR count). The van der Waals surface area contributed by atoms with Gasteiger partial charge in [-0.05, 0) is 35.4 Å². The van der Waals surface area contributed by atoms with Gasteiger partial charge in [-0.2, -0.15) is 5.26 Å². The summed E-state index contributed by atoms with van der Waals surface area (Å²) in [5.41, 5.74) is 4.32. The molecule has 0 atom stereocenters. The molecule has 0 saturated heterocycles. The van der Waals surface area contributed by atoms with Crippen LogP contribution in [0.3, 0.4) is 0 Å². The molecule has 0 unspecified atom stereocenters. The van der Waals surface area contributed by atoms with E-state index in [-0.39, 0.29) is 10.7 Å². The van der Waals surface area contributed by atoms with Crippen LogP contribution in [0.5, 0.6) is 0 Å². The smallest absolute Gasteiger partial charge is 0.175 e. The van der Waals surface area contributed by atoms with Crippen LogP contribution in [0.15, 0.2) is 90.0 Å². The van der Waals surface area contributed by atoms with Crippen LogP contribution in [0.4, 0.5) is 4.39 Å². The Hall–Kier alpha value is -3.82. The molecule has 0 spiro atoms. The number of benzene rings is 3. The number of halogens is 1. The van der Waals surface area contributed by atoms with Crippen LogP contribution >= 0.6 is 0 Å². The van der Waals surface area contributed by atoms with Gasteiger partial charge in [0.25, 0.3) is 0 Å². The second-order valence-corrected chi connectivity index (χ2v) is 9.07. The van der Waals surface area contributed by atoms with Crippen LogP contribution < -0.4 is 0 Å². The monoisotopic (exact) mass is 428 g/mol. The van der Waals surface area contributed by atoms with E-state index in [0.717, 1.165) is 11.8 Å². The van der Waals surface area contributed by atoms with Crippen molar-refractivity contribution in [1.82, 2.24) is 4.98 Å². The summed E-state index contributed by atoms with van der Waals surface area (Å²) in [5.74, 6) is -0.376. The van der Waals surface area contributed by atoms with E-state index < -0.39 is 9.84 Å². The van der Waals surface area contributed by atoms with Gasteiger partial charge in [0.1, 0.15) is 11.9 Å². The van der Waals surface area contributed by atoms with E-state index in [4.69, 9.17) is 0 Å². The van der Waals surface area contributed by atoms with Gasteiger partial charge < -0.3 is 0 Å². The summed E-state index contributed by atoms with van der Waals surface area (Å²) in [5, 5.41) is 10.1. The summed E-state index contributed by atoms with van der Waals surface area (Å²) in [6, 6.07) is 24.0. The van der Waals surface area contributed by atoms with Gasteiger partial charge in [0.05, 0.1) is 16.2 Å². The second kappa shape index (κ2) is 8.13. The number of rotatable bonds is 4. The van der Waals surface area contributed by atoms with Gasteiger partial charge in [-0.1, -0.05) is 54.6 Å². The van der Waals surface area contributed by atoms with Gasteiger partial charge >= 0.3 is 0 Å². The predicted molar refractivity (Wildman–Crippen MR) is 118 cm³/mol. The summed E-state index contributed by atoms with van der Waals surface area (Å²) < 4.78 is 37.2. The second-order valence-electron chi connectivity index (χ2n) is 7.05. The van der Waals surface area contributed by atoms with Crippen molar-refractivity contribution in [2.75, 3.05) is 6.26 Å². The van der Waals surface area contributed by atoms with Crippen LogP contribution in [0.1, 0.15) is 5.56 Å². The number of hydrogen-bond donors (Lipinski definition) is 0. The molecule has 1 heterocycles. The Kier molecular flexibility index (Phi) is 5.37. The quantitative estimate of drug-likeness (QED) is 0.430. The lowest BCUT2D eigenvalue weighted by Gasteiger charge is -2.15. The number of sulfone groups is 1. The number of nitriles is 1. The molecule has 0 fully saturated rings. The van der Waals surface area contributed by atoms with Crippen molar-refractivity contribution in [1.29, 1.82) is 5.26 Å². The fourth-order valence-corrected chi connectivity index (χ4v) is 4.08. The molecule has 0 aliphatic heterocycles. The van der Waals surface area contributed by atoms with Crippen molar-refractivity contribution in [3.05, 3.63) is 96.4 Å². The Labute approximate surface area is 180 Å². The molecule has 0 saturated carbocycles. The van der Waals surface area contributed by atoms with Crippen molar-refractivity contribution in [2.45, 2.75) is 4.90 Å². The van der Waals surface area contributed by atoms with E-state index in [1.165, 1.54) is 24.3 Å². The molecule has 0 aliphatic rings. The Morgan fingerprint density at radius 1 is 0.839 bits per heavy atom. The lowest BCUT2D eigenvalue weighted by atomic mass is 9.90. The molecule has 152 valence electrons. The summed E-state index contributed by atoms with van der Waals surface area (Å²) >= 11 is 0. The van der Waals surface area contributed by atoms with Crippen LogP contribution in [0.2, 0.25) is 0 Å². The summed E-state index contributed by atoms with van der Waals surface area (Å²) in [7, 11) is -3.33. The minimum atomic E-state index is -3.33. The third-order valence-corrected chi connectivity index (χ3v) is 6.09. The summed E-state index contributed by atoms with van der Waals surface area (Å²) in [6.07, 6.45) is 2.81. The van der Waals surface area contributed by atoms with Crippen LogP contribution in [0, 0.1) is 17.1 Å². The molecule has 1 aromatic heterocycles. The summed E-state index contributed by atoms with van der Waals surface area (Å²) in [6.45, 7) is 0. The molecule has 3 aromatic carbocycles. The predicted octanol–water partition coefficient (Wildman–Crippen LogP) is 5.50. The number of hydrogen-bond acceptors (Lipinski definition) is 4. The van der Waals surface area contributed by atoms with Gasteiger partial charge in [0, 0.05) is 29.1 Å². The van der Waals surface area contributed by atoms with E-state index in [1.807, 2.05) is 30.3 Å². The van der Waals surface area contributed by atoms with Crippen molar-refractivity contribution < 1.29 is 12.8 Å². The maximum atomic E-state index is 13.6. The maximum absolute atomic E-state index is 13.6. The fourth-order valence-electron chi connectivity index (χ4n) is 3.45. The fraction of sp³-hybridized carbons (Fsp3) is 0.0400. The highest BCUT2D eigenvalue weighted by Crippen LogP contribution is 2.38. The third kappa shape index (κ3) is 4.09. The largest absolute Gasteiger partial charge is 0.254 e. The van der Waals surface area contributed by atoms with Gasteiger partial charge in [0.15, 0.2) is 9.84 Å². The molecule has 0 aliphatic carbocycles. The highest BCUT2D eigenvalue weighted by molar-refractivity contribution is 7.90. The third-order valence-electron chi connectivity index (χ3n) is 4.96. The highest BCUT2D eigenvalue weighted by atomic mass is 32.2. The first-order chi connectivity index (χ1) is 14.9. The Balaban J connectivity index is 1.99. The standard InChI is InChI=1S/C25H17FN2O2S/c1-31(29,30)21-13-9-17(10-14-21)23-16-28-25(19-5-3-2-4-6-19)22(15-27)24(23)18-7-11-20(26)12-8-18/h2-14,16H,1H3. The first kappa shape index (κ1) is 20.5. The molecule has 0 N–H and O–H groups in total. The number of nitrogens with zero attached hydrogens (tertiary/aromatic N) is 2. The Morgan fingerprint density at radius 2 is 1.45 bits per heavy atom. The minimum absolute atomic E-state index is 0.203. The maximum Gasteiger partial charge on any atom is 0.175 e. The zero-order valence-corrected chi connectivity index (χ0v) is 17.4. The van der Waals surface area contributed by atoms with E-state index in [2.05, 4.69) is 11.1 Å². The minimum Gasteiger partial charge on any atom is -0.254 e. The van der Waals surface area contributed by atoms with Crippen molar-refractivity contribution in [3.8, 4) is 39.6 Å². The molecule has 0 amide bonds. The Bertz CT molecular complexity index is 1390. The van der Waals surface area contributed by atoms with Crippen LogP contribution in [-0.2, 0) is 9.84 Å². The molecule has 6 heteroatoms. The van der Waals surface area contributed by atoms with E-state index >= 15 is 0 Å². The van der Waals surface area contributed by atoms with Gasteiger partial charge in [-0.15, -0.1) is 0 Å². The number of pyridine rings is 1. The normalized spacial score (nSPS) is 11.1. The van der Waals surface area contributed by atoms with E-state index in [9.17, 15) is 18.1 Å². The first-order valence-corrected chi connectivity index (χ1v) is 11.3. The van der Waals surface area contributed by atoms with Gasteiger partial charge in [-0.3, -0.25) is 4.98 Å². The molecule has 4 aromatic rings. The Morgan fingerprint density at radius 3 is 2.03 bits per heavy atom. The van der Waals surface area contributed by atoms with Crippen molar-refractivity contribution >= 4 is 9.84 Å². The average molecular weight is 428 g/mol. The van der Waals surface area contributed by atoms with Gasteiger partial charge in [0.2, 0.25) is 0 Å². The molecule has 31 heavy (non-hydrogen) atoms. The number of aromatic nitrogens is 1. The summed E-state index contributed by atoms with van der Waals surface area (Å²) in [4.78, 5) is 4.76. The molecular formula is C25H17FN2O2S. The average Bonchev–Trinajstić information content (AvgIpc) is 2.79. The molecule has 0 bridgehead atoms. The van der Waals surface area contributed by atoms with Crippen molar-refractivity contribution in [2.24, 2.45) is 0 Å². The lowest BCUT2D eigenvalue weighted by molar-refractivity contribution is 0.602. The van der Waals surface area contributed by atoms with Crippen LogP contribution in [-0.4, -0.2) is 19.7 Å². The van der Waals surface area contributed by atoms with Crippen molar-refractivity contribution in [3.63, 3.8) is 0 Å². The highest BCUT2D eigenvalue weighted by Gasteiger charge is 2.19. The SMILES string of the molecule is CS(=O)(=O)c1ccc(-c2cnc(-c3ccccc3)c(C#N)c2-c2ccc(F)cc2)cc1. The van der Waals surface area contributed by atoms with E-state index in [1.54, 1.807) is 30.5 Å². The molecule has 4 nitrogen and oxygen atoms in total. The zero-order chi connectivity index (χ0) is 22.0. The molecule has 0 radical (unpaired) electrons. The topological polar surface area (TPSA) is 70.8 Å².